The first-order valence-corrected chi connectivity index (χ1v) is 15.6. The summed E-state index contributed by atoms with van der Waals surface area (Å²) in [5, 5.41) is 0. The molecule has 1 rings (SSSR count). The molecule has 1 aromatic carbocycles. The summed E-state index contributed by atoms with van der Waals surface area (Å²) in [6.07, 6.45) is 9.89. The molecule has 0 N–H and O–H groups in total. The van der Waals surface area contributed by atoms with Crippen LogP contribution in [0.25, 0.3) is 0 Å². The Hall–Kier alpha value is -11.1. The van der Waals surface area contributed by atoms with Gasteiger partial charge in [0, 0.05) is 160 Å². The van der Waals surface area contributed by atoms with Crippen LogP contribution in [0, 0.1) is 262 Å². The first kappa shape index (κ1) is 43.9. The van der Waals surface area contributed by atoms with Gasteiger partial charge in [-0.05, 0) is 119 Å². The van der Waals surface area contributed by atoms with E-state index in [0.717, 1.165) is 29.2 Å². The van der Waals surface area contributed by atoms with Gasteiger partial charge in [0.1, 0.15) is 0 Å². The van der Waals surface area contributed by atoms with Gasteiger partial charge < -0.3 is 0 Å². The molecule has 0 radical (unpaired) electrons. The van der Waals surface area contributed by atoms with Crippen molar-refractivity contribution in [3.63, 3.8) is 0 Å². The SMILES string of the molecule is C#CC#CC#CC#CC#CC#CC#CC#CC#CC#CC#CN(C#CC#CC#CC#CC#CC#CC#CC#CC#CC#CC#C)C(=O)c1ccc(S(=O)(=O)F)cc1. The van der Waals surface area contributed by atoms with Crippen LogP contribution in [0.5, 0.6) is 0 Å². The van der Waals surface area contributed by atoms with Gasteiger partial charge in [-0.15, -0.1) is 16.7 Å². The molecule has 0 heterocycles. The lowest BCUT2D eigenvalue weighted by atomic mass is 10.2. The molecule has 0 aliphatic heterocycles. The minimum Gasteiger partial charge on any atom is -0.267 e. The number of amides is 1. The molecule has 246 valence electrons. The number of hydrogen-bond acceptors (Lipinski definition) is 3. The van der Waals surface area contributed by atoms with Crippen molar-refractivity contribution < 1.29 is 17.1 Å². The Morgan fingerprint density at radius 3 is 0.807 bits per heavy atom. The Bertz CT molecular complexity index is 3230. The lowest BCUT2D eigenvalue weighted by Gasteiger charge is -2.07. The molecule has 6 heteroatoms. The zero-order chi connectivity index (χ0) is 41.3. The van der Waals surface area contributed by atoms with Gasteiger partial charge in [-0.2, -0.15) is 13.3 Å². The summed E-state index contributed by atoms with van der Waals surface area (Å²) in [6.45, 7) is 0. The minimum atomic E-state index is -4.97. The number of nitrogens with zero attached hydrogens (tertiary/aromatic N) is 1. The topological polar surface area (TPSA) is 54.5 Å². The molecule has 0 aliphatic rings. The molecular weight excluding hydrogens is 726 g/mol. The van der Waals surface area contributed by atoms with E-state index < -0.39 is 21.0 Å². The first-order chi connectivity index (χ1) is 27.9. The molecule has 0 aromatic heterocycles. The van der Waals surface area contributed by atoms with E-state index in [-0.39, 0.29) is 5.56 Å². The standard InChI is InChI=1S/C51H6FNO3S/c1-3-5-7-9-11-13-15-17-19-21-23-25-27-29-31-33-35-37-39-41-47-53(51(54)49-43-45-50(46-44-49)57(52,55)56)48-42-40-38-36-34-32-30-28-26-24-22-20-18-16-14-12-10-8-6-4-2/h1-2,43-46H. The number of halogens is 1. The molecule has 0 saturated carbocycles. The highest BCUT2D eigenvalue weighted by molar-refractivity contribution is 7.86. The summed E-state index contributed by atoms with van der Waals surface area (Å²) >= 11 is 0. The highest BCUT2D eigenvalue weighted by Gasteiger charge is 2.16. The third-order valence-corrected chi connectivity index (χ3v) is 5.15. The quantitative estimate of drug-likeness (QED) is 0.260. The Labute approximate surface area is 333 Å². The molecule has 0 unspecified atom stereocenters. The van der Waals surface area contributed by atoms with Crippen LogP contribution < -0.4 is 0 Å². The maximum atomic E-state index is 13.3. The van der Waals surface area contributed by atoms with Gasteiger partial charge in [0.2, 0.25) is 0 Å². The van der Waals surface area contributed by atoms with E-state index in [9.17, 15) is 17.1 Å². The zero-order valence-electron chi connectivity index (χ0n) is 28.4. The van der Waals surface area contributed by atoms with Crippen molar-refractivity contribution in [3.05, 3.63) is 29.8 Å². The average molecular weight is 732 g/mol. The van der Waals surface area contributed by atoms with Crippen molar-refractivity contribution in [2.75, 3.05) is 0 Å². The van der Waals surface area contributed by atoms with E-state index in [2.05, 4.69) is 249 Å². The Morgan fingerprint density at radius 2 is 0.596 bits per heavy atom. The highest BCUT2D eigenvalue weighted by atomic mass is 32.3. The Morgan fingerprint density at radius 1 is 0.386 bits per heavy atom. The van der Waals surface area contributed by atoms with Gasteiger partial charge in [-0.3, -0.25) is 4.79 Å². The Balaban J connectivity index is 3.01. The summed E-state index contributed by atoms with van der Waals surface area (Å²) in [4.78, 5) is 13.1. The van der Waals surface area contributed by atoms with Crippen LogP contribution in [0.3, 0.4) is 0 Å². The van der Waals surface area contributed by atoms with E-state index in [1.165, 1.54) is 0 Å². The number of carbonyl (C=O) groups is 1. The molecule has 1 amide bonds. The van der Waals surface area contributed by atoms with Gasteiger partial charge in [-0.25, -0.2) is 0 Å². The molecule has 4 nitrogen and oxygen atoms in total. The molecule has 0 saturated heterocycles. The fourth-order valence-corrected chi connectivity index (χ4v) is 2.78. The molecular formula is C51H6FNO3S. The van der Waals surface area contributed by atoms with Crippen LogP contribution in [0.15, 0.2) is 29.2 Å². The smallest absolute Gasteiger partial charge is 0.267 e. The maximum absolute atomic E-state index is 13.3. The van der Waals surface area contributed by atoms with Crippen LogP contribution in [-0.2, 0) is 10.2 Å². The van der Waals surface area contributed by atoms with Crippen molar-refractivity contribution in [2.24, 2.45) is 0 Å². The maximum Gasteiger partial charge on any atom is 0.332 e. The molecule has 0 atom stereocenters. The van der Waals surface area contributed by atoms with Gasteiger partial charge in [0.25, 0.3) is 5.91 Å². The highest BCUT2D eigenvalue weighted by Crippen LogP contribution is 2.14. The number of hydrogen-bond donors (Lipinski definition) is 0. The van der Waals surface area contributed by atoms with Crippen molar-refractivity contribution in [1.82, 2.24) is 4.90 Å². The molecule has 1 aromatic rings. The van der Waals surface area contributed by atoms with Gasteiger partial charge in [-0.1, -0.05) is 0 Å². The molecule has 0 bridgehead atoms. The van der Waals surface area contributed by atoms with Crippen molar-refractivity contribution in [3.8, 4) is 262 Å². The molecule has 0 spiro atoms. The second kappa shape index (κ2) is 30.9. The summed E-state index contributed by atoms with van der Waals surface area (Å²) < 4.78 is 35.5. The minimum absolute atomic E-state index is 0.0584. The van der Waals surface area contributed by atoms with E-state index >= 15 is 0 Å². The second-order valence-electron chi connectivity index (χ2n) is 7.87. The van der Waals surface area contributed by atoms with Gasteiger partial charge >= 0.3 is 10.2 Å². The predicted molar refractivity (Wildman–Crippen MR) is 214 cm³/mol. The van der Waals surface area contributed by atoms with E-state index in [4.69, 9.17) is 12.8 Å². The predicted octanol–water partition coefficient (Wildman–Crippen LogP) is 1.04. The summed E-state index contributed by atoms with van der Waals surface area (Å²) in [5.74, 6) is 95.7. The van der Waals surface area contributed by atoms with Crippen LogP contribution in [-0.4, -0.2) is 19.2 Å². The van der Waals surface area contributed by atoms with Crippen LogP contribution in [0.1, 0.15) is 10.4 Å². The average Bonchev–Trinajstić information content (AvgIpc) is 3.21. The second-order valence-corrected chi connectivity index (χ2v) is 9.21. The van der Waals surface area contributed by atoms with Gasteiger partial charge in [0.05, 0.1) is 4.90 Å². The summed E-state index contributed by atoms with van der Waals surface area (Å²) in [7, 11) is -4.97. The number of benzene rings is 1. The monoisotopic (exact) mass is 731 g/mol. The third-order valence-electron chi connectivity index (χ3n) is 4.32. The summed E-state index contributed by atoms with van der Waals surface area (Å²) in [5.41, 5.74) is -0.0584. The number of carbonyl (C=O) groups excluding carboxylic acids is 1. The Kier molecular flexibility index (Phi) is 23.8. The number of rotatable bonds is 2. The normalized spacial score (nSPS) is 5.81. The number of terminal acetylenes is 2. The first-order valence-electron chi connectivity index (χ1n) is 14.2. The largest absolute Gasteiger partial charge is 0.332 e. The van der Waals surface area contributed by atoms with Crippen LogP contribution in [0.2, 0.25) is 0 Å². The zero-order valence-corrected chi connectivity index (χ0v) is 29.2. The lowest BCUT2D eigenvalue weighted by molar-refractivity contribution is 0.0887. The summed E-state index contributed by atoms with van der Waals surface area (Å²) in [6, 6.07) is 8.82. The van der Waals surface area contributed by atoms with E-state index in [1.807, 2.05) is 0 Å². The van der Waals surface area contributed by atoms with Crippen molar-refractivity contribution in [2.45, 2.75) is 4.90 Å². The van der Waals surface area contributed by atoms with Crippen LogP contribution >= 0.6 is 0 Å². The van der Waals surface area contributed by atoms with Crippen molar-refractivity contribution >= 4 is 16.1 Å². The van der Waals surface area contributed by atoms with Gasteiger partial charge in [0.15, 0.2) is 0 Å². The van der Waals surface area contributed by atoms with E-state index in [0.29, 0.717) is 0 Å². The van der Waals surface area contributed by atoms with E-state index in [1.54, 1.807) is 0 Å². The molecule has 0 aliphatic carbocycles. The van der Waals surface area contributed by atoms with Crippen LogP contribution in [0.4, 0.5) is 3.89 Å². The molecule has 57 heavy (non-hydrogen) atoms. The third kappa shape index (κ3) is 25.5. The van der Waals surface area contributed by atoms with Crippen molar-refractivity contribution in [1.29, 1.82) is 0 Å². The fourth-order valence-electron chi connectivity index (χ4n) is 2.32. The lowest BCUT2D eigenvalue weighted by Crippen LogP contribution is -2.21. The fraction of sp³-hybridized carbons (Fsp3) is 0. The molecule has 0 fully saturated rings.